The fourth-order valence-corrected chi connectivity index (χ4v) is 1.81. The maximum absolute atomic E-state index is 12.4. The monoisotopic (exact) mass is 301 g/mol. The molecule has 7 heteroatoms. The minimum absolute atomic E-state index is 0.0419. The Morgan fingerprint density at radius 2 is 1.75 bits per heavy atom. The molecule has 3 nitrogen and oxygen atoms in total. The van der Waals surface area contributed by atoms with Gasteiger partial charge >= 0.3 is 12.1 Å². The van der Waals surface area contributed by atoms with Gasteiger partial charge in [0.05, 0.1) is 16.8 Å². The molecular formula is C13H7ClF3NO2. The maximum atomic E-state index is 12.4. The molecule has 0 amide bonds. The zero-order chi connectivity index (χ0) is 14.9. The summed E-state index contributed by atoms with van der Waals surface area (Å²) in [5.74, 6) is -1.19. The van der Waals surface area contributed by atoms with Crippen LogP contribution < -0.4 is 0 Å². The van der Waals surface area contributed by atoms with Crippen LogP contribution >= 0.6 is 11.6 Å². The number of alkyl halides is 3. The molecule has 2 rings (SSSR count). The van der Waals surface area contributed by atoms with Gasteiger partial charge in [-0.15, -0.1) is 0 Å². The molecule has 1 heterocycles. The number of aromatic carboxylic acids is 1. The second-order valence-corrected chi connectivity index (χ2v) is 4.33. The van der Waals surface area contributed by atoms with Crippen LogP contribution in [0.3, 0.4) is 0 Å². The van der Waals surface area contributed by atoms with Crippen LogP contribution in [0.1, 0.15) is 15.9 Å². The van der Waals surface area contributed by atoms with Crippen LogP contribution in [0, 0.1) is 0 Å². The van der Waals surface area contributed by atoms with Crippen LogP contribution in [-0.2, 0) is 6.18 Å². The average molecular weight is 302 g/mol. The highest BCUT2D eigenvalue weighted by Gasteiger charge is 2.30. The zero-order valence-corrected chi connectivity index (χ0v) is 10.5. The Morgan fingerprint density at radius 3 is 2.25 bits per heavy atom. The summed E-state index contributed by atoms with van der Waals surface area (Å²) in [6.45, 7) is 0. The third-order valence-corrected chi connectivity index (χ3v) is 2.74. The molecular weight excluding hydrogens is 295 g/mol. The van der Waals surface area contributed by atoms with E-state index in [1.807, 2.05) is 0 Å². The van der Waals surface area contributed by atoms with Gasteiger partial charge in [0.2, 0.25) is 0 Å². The Balaban J connectivity index is 2.44. The van der Waals surface area contributed by atoms with E-state index in [1.54, 1.807) is 0 Å². The average Bonchev–Trinajstić information content (AvgIpc) is 2.37. The van der Waals surface area contributed by atoms with Gasteiger partial charge in [-0.3, -0.25) is 0 Å². The van der Waals surface area contributed by atoms with E-state index in [4.69, 9.17) is 16.7 Å². The van der Waals surface area contributed by atoms with E-state index in [1.165, 1.54) is 18.2 Å². The van der Waals surface area contributed by atoms with Gasteiger partial charge in [0.15, 0.2) is 0 Å². The van der Waals surface area contributed by atoms with Crippen LogP contribution in [0.4, 0.5) is 13.2 Å². The molecule has 0 bridgehead atoms. The number of carboxylic acids is 1. The van der Waals surface area contributed by atoms with Gasteiger partial charge in [-0.1, -0.05) is 23.7 Å². The van der Waals surface area contributed by atoms with Crippen LogP contribution in [0.5, 0.6) is 0 Å². The van der Waals surface area contributed by atoms with Crippen LogP contribution in [-0.4, -0.2) is 16.1 Å². The van der Waals surface area contributed by atoms with Crippen molar-refractivity contribution in [3.05, 3.63) is 52.7 Å². The SMILES string of the molecule is O=C(O)c1cc(Cl)nc(-c2ccc(C(F)(F)F)cc2)c1. The molecule has 1 aromatic carbocycles. The number of hydrogen-bond donors (Lipinski definition) is 1. The van der Waals surface area contributed by atoms with Crippen LogP contribution in [0.25, 0.3) is 11.3 Å². The summed E-state index contributed by atoms with van der Waals surface area (Å²) in [4.78, 5) is 14.8. The van der Waals surface area contributed by atoms with Crippen molar-refractivity contribution in [2.75, 3.05) is 0 Å². The minimum atomic E-state index is -4.42. The second kappa shape index (κ2) is 5.13. The molecule has 2 aromatic rings. The predicted octanol–water partition coefficient (Wildman–Crippen LogP) is 4.12. The first-order valence-corrected chi connectivity index (χ1v) is 5.73. The molecule has 0 saturated heterocycles. The Labute approximate surface area is 116 Å². The van der Waals surface area contributed by atoms with Crippen molar-refractivity contribution in [1.29, 1.82) is 0 Å². The number of carboxylic acid groups (broad SMARTS) is 1. The van der Waals surface area contributed by atoms with Gasteiger partial charge in [-0.2, -0.15) is 13.2 Å². The van der Waals surface area contributed by atoms with E-state index in [2.05, 4.69) is 4.98 Å². The number of rotatable bonds is 2. The predicted molar refractivity (Wildman–Crippen MR) is 66.6 cm³/mol. The lowest BCUT2D eigenvalue weighted by molar-refractivity contribution is -0.137. The summed E-state index contributed by atoms with van der Waals surface area (Å²) in [5.41, 5.74) is -0.326. The quantitative estimate of drug-likeness (QED) is 0.849. The Bertz CT molecular complexity index is 654. The molecule has 0 unspecified atom stereocenters. The topological polar surface area (TPSA) is 50.2 Å². The molecule has 0 spiro atoms. The van der Waals surface area contributed by atoms with E-state index in [9.17, 15) is 18.0 Å². The fraction of sp³-hybridized carbons (Fsp3) is 0.0769. The molecule has 0 aliphatic heterocycles. The van der Waals surface area contributed by atoms with E-state index < -0.39 is 17.7 Å². The summed E-state index contributed by atoms with van der Waals surface area (Å²) in [7, 11) is 0. The summed E-state index contributed by atoms with van der Waals surface area (Å²) >= 11 is 5.69. The van der Waals surface area contributed by atoms with E-state index in [0.29, 0.717) is 5.56 Å². The first-order chi connectivity index (χ1) is 9.27. The Hall–Kier alpha value is -2.08. The van der Waals surface area contributed by atoms with Crippen molar-refractivity contribution in [2.24, 2.45) is 0 Å². The molecule has 0 atom stereocenters. The Kier molecular flexibility index (Phi) is 3.67. The van der Waals surface area contributed by atoms with Gasteiger partial charge in [0.25, 0.3) is 0 Å². The number of carbonyl (C=O) groups is 1. The van der Waals surface area contributed by atoms with Crippen molar-refractivity contribution in [3.8, 4) is 11.3 Å². The molecule has 20 heavy (non-hydrogen) atoms. The molecule has 1 N–H and O–H groups in total. The number of halogens is 4. The lowest BCUT2D eigenvalue weighted by Crippen LogP contribution is -2.04. The van der Waals surface area contributed by atoms with Gasteiger partial charge in [0.1, 0.15) is 5.15 Å². The number of benzene rings is 1. The summed E-state index contributed by atoms with van der Waals surface area (Å²) < 4.78 is 37.3. The smallest absolute Gasteiger partial charge is 0.416 e. The Morgan fingerprint density at radius 1 is 1.15 bits per heavy atom. The van der Waals surface area contributed by atoms with E-state index in [-0.39, 0.29) is 16.4 Å². The van der Waals surface area contributed by atoms with Crippen molar-refractivity contribution in [1.82, 2.24) is 4.98 Å². The highest BCUT2D eigenvalue weighted by Crippen LogP contribution is 2.31. The molecule has 1 aromatic heterocycles. The normalized spacial score (nSPS) is 11.4. The minimum Gasteiger partial charge on any atom is -0.478 e. The standard InChI is InChI=1S/C13H7ClF3NO2/c14-11-6-8(12(19)20)5-10(18-11)7-1-3-9(4-2-7)13(15,16)17/h1-6H,(H,19,20). The maximum Gasteiger partial charge on any atom is 0.416 e. The molecule has 0 fully saturated rings. The number of hydrogen-bond acceptors (Lipinski definition) is 2. The van der Waals surface area contributed by atoms with Crippen molar-refractivity contribution >= 4 is 17.6 Å². The van der Waals surface area contributed by atoms with Gasteiger partial charge in [-0.25, -0.2) is 9.78 Å². The third kappa shape index (κ3) is 3.08. The number of pyridine rings is 1. The molecule has 0 aliphatic rings. The highest BCUT2D eigenvalue weighted by molar-refractivity contribution is 6.29. The molecule has 104 valence electrons. The van der Waals surface area contributed by atoms with Crippen molar-refractivity contribution in [2.45, 2.75) is 6.18 Å². The third-order valence-electron chi connectivity index (χ3n) is 2.55. The van der Waals surface area contributed by atoms with Crippen molar-refractivity contribution < 1.29 is 23.1 Å². The highest BCUT2D eigenvalue weighted by atomic mass is 35.5. The summed E-state index contributed by atoms with van der Waals surface area (Å²) in [6, 6.07) is 6.64. The van der Waals surface area contributed by atoms with Crippen LogP contribution in [0.2, 0.25) is 5.15 Å². The molecule has 0 aliphatic carbocycles. The van der Waals surface area contributed by atoms with Gasteiger partial charge in [0, 0.05) is 5.56 Å². The number of nitrogens with zero attached hydrogens (tertiary/aromatic N) is 1. The summed E-state index contributed by atoms with van der Waals surface area (Å²) in [6.07, 6.45) is -4.42. The van der Waals surface area contributed by atoms with E-state index >= 15 is 0 Å². The lowest BCUT2D eigenvalue weighted by Gasteiger charge is -2.08. The van der Waals surface area contributed by atoms with Gasteiger partial charge < -0.3 is 5.11 Å². The first kappa shape index (κ1) is 14.3. The largest absolute Gasteiger partial charge is 0.478 e. The lowest BCUT2D eigenvalue weighted by atomic mass is 10.1. The van der Waals surface area contributed by atoms with E-state index in [0.717, 1.165) is 18.2 Å². The fourth-order valence-electron chi connectivity index (χ4n) is 1.60. The summed E-state index contributed by atoms with van der Waals surface area (Å²) in [5, 5.41) is 8.85. The number of aromatic nitrogens is 1. The first-order valence-electron chi connectivity index (χ1n) is 5.36. The van der Waals surface area contributed by atoms with Crippen LogP contribution in [0.15, 0.2) is 36.4 Å². The van der Waals surface area contributed by atoms with Crippen molar-refractivity contribution in [3.63, 3.8) is 0 Å². The molecule has 0 radical (unpaired) electrons. The van der Waals surface area contributed by atoms with Gasteiger partial charge in [-0.05, 0) is 24.3 Å². The zero-order valence-electron chi connectivity index (χ0n) is 9.78. The molecule has 0 saturated carbocycles. The second-order valence-electron chi connectivity index (χ2n) is 3.94.